The second kappa shape index (κ2) is 8.96. The fourth-order valence-corrected chi connectivity index (χ4v) is 2.77. The number of benzene rings is 2. The van der Waals surface area contributed by atoms with Crippen molar-refractivity contribution >= 4 is 23.4 Å². The van der Waals surface area contributed by atoms with Crippen LogP contribution in [-0.4, -0.2) is 39.8 Å². The first kappa shape index (κ1) is 19.3. The lowest BCUT2D eigenvalue weighted by molar-refractivity contribution is 0.194. The van der Waals surface area contributed by atoms with Crippen molar-refractivity contribution in [2.24, 2.45) is 0 Å². The predicted octanol–water partition coefficient (Wildman–Crippen LogP) is 4.10. The van der Waals surface area contributed by atoms with Gasteiger partial charge in [0.2, 0.25) is 0 Å². The maximum absolute atomic E-state index is 11.8. The minimum Gasteiger partial charge on any atom is -0.465 e. The number of rotatable bonds is 7. The van der Waals surface area contributed by atoms with Gasteiger partial charge in [0, 0.05) is 18.3 Å². The highest BCUT2D eigenvalue weighted by Gasteiger charge is 2.18. The highest BCUT2D eigenvalue weighted by atomic mass is 16.4. The van der Waals surface area contributed by atoms with Crippen molar-refractivity contribution in [3.05, 3.63) is 78.1 Å². The minimum atomic E-state index is -1.07. The Bertz CT molecular complexity index is 916. The molecule has 1 amide bonds. The topological polar surface area (TPSA) is 81.6 Å². The molecule has 0 saturated heterocycles. The number of nitrogens with one attached hydrogen (secondary N) is 1. The monoisotopic (exact) mass is 377 g/mol. The summed E-state index contributed by atoms with van der Waals surface area (Å²) in [4.78, 5) is 23.3. The van der Waals surface area contributed by atoms with Gasteiger partial charge in [0.05, 0.1) is 6.67 Å². The summed E-state index contributed by atoms with van der Waals surface area (Å²) in [6, 6.07) is 19.4. The quantitative estimate of drug-likeness (QED) is 0.603. The standard InChI is InChI=1S/C21H23N5O2/c1-16-8-10-18(11-9-16)24-19-12-20(23-14-22-19)26(21(27)28)15-25(2)13-17-6-4-3-5-7-17/h3-12,14H,13,15H2,1-2H3,(H,27,28)(H,22,23,24). The van der Waals surface area contributed by atoms with Crippen LogP contribution >= 0.6 is 0 Å². The molecular formula is C21H23N5O2. The third kappa shape index (κ3) is 5.28. The van der Waals surface area contributed by atoms with Crippen LogP contribution in [-0.2, 0) is 6.54 Å². The Morgan fingerprint density at radius 3 is 2.46 bits per heavy atom. The van der Waals surface area contributed by atoms with E-state index in [1.165, 1.54) is 11.2 Å². The molecule has 2 aromatic carbocycles. The molecule has 0 aliphatic carbocycles. The molecule has 2 N–H and O–H groups in total. The summed E-state index contributed by atoms with van der Waals surface area (Å²) in [5.41, 5.74) is 3.14. The van der Waals surface area contributed by atoms with E-state index in [-0.39, 0.29) is 6.67 Å². The predicted molar refractivity (Wildman–Crippen MR) is 110 cm³/mol. The fourth-order valence-electron chi connectivity index (χ4n) is 2.77. The van der Waals surface area contributed by atoms with E-state index in [9.17, 15) is 9.90 Å². The number of hydrogen-bond acceptors (Lipinski definition) is 5. The Hall–Kier alpha value is -3.45. The van der Waals surface area contributed by atoms with Gasteiger partial charge in [0.15, 0.2) is 0 Å². The Morgan fingerprint density at radius 1 is 1.07 bits per heavy atom. The highest BCUT2D eigenvalue weighted by molar-refractivity contribution is 5.85. The molecule has 28 heavy (non-hydrogen) atoms. The molecule has 3 rings (SSSR count). The lowest BCUT2D eigenvalue weighted by Gasteiger charge is -2.25. The highest BCUT2D eigenvalue weighted by Crippen LogP contribution is 2.19. The molecular weight excluding hydrogens is 354 g/mol. The average Bonchev–Trinajstić information content (AvgIpc) is 2.69. The summed E-state index contributed by atoms with van der Waals surface area (Å²) in [7, 11) is 1.87. The number of carboxylic acid groups (broad SMARTS) is 1. The zero-order valence-electron chi connectivity index (χ0n) is 15.9. The van der Waals surface area contributed by atoms with E-state index in [4.69, 9.17) is 0 Å². The summed E-state index contributed by atoms with van der Waals surface area (Å²) in [5.74, 6) is 0.850. The Labute approximate surface area is 164 Å². The van der Waals surface area contributed by atoms with Crippen molar-refractivity contribution in [3.8, 4) is 0 Å². The molecule has 7 nitrogen and oxygen atoms in total. The van der Waals surface area contributed by atoms with Crippen LogP contribution in [0.15, 0.2) is 67.0 Å². The fraction of sp³-hybridized carbons (Fsp3) is 0.190. The van der Waals surface area contributed by atoms with Crippen molar-refractivity contribution in [1.29, 1.82) is 0 Å². The lowest BCUT2D eigenvalue weighted by atomic mass is 10.2. The van der Waals surface area contributed by atoms with E-state index in [1.807, 2.05) is 73.5 Å². The molecule has 0 bridgehead atoms. The zero-order valence-corrected chi connectivity index (χ0v) is 15.9. The number of carbonyl (C=O) groups is 1. The van der Waals surface area contributed by atoms with E-state index in [0.29, 0.717) is 18.2 Å². The lowest BCUT2D eigenvalue weighted by Crippen LogP contribution is -2.39. The molecule has 1 aromatic heterocycles. The molecule has 7 heteroatoms. The maximum atomic E-state index is 11.8. The summed E-state index contributed by atoms with van der Waals surface area (Å²) < 4.78 is 0. The van der Waals surface area contributed by atoms with Crippen molar-refractivity contribution in [2.45, 2.75) is 13.5 Å². The Morgan fingerprint density at radius 2 is 1.79 bits per heavy atom. The molecule has 0 aliphatic heterocycles. The summed E-state index contributed by atoms with van der Waals surface area (Å²) >= 11 is 0. The Balaban J connectivity index is 1.72. The number of amides is 1. The van der Waals surface area contributed by atoms with E-state index >= 15 is 0 Å². The summed E-state index contributed by atoms with van der Waals surface area (Å²) in [5, 5.41) is 12.8. The SMILES string of the molecule is Cc1ccc(Nc2cc(N(CN(C)Cc3ccccc3)C(=O)O)ncn2)cc1. The molecule has 1 heterocycles. The van der Waals surface area contributed by atoms with Gasteiger partial charge in [-0.25, -0.2) is 19.7 Å². The zero-order chi connectivity index (χ0) is 19.9. The molecule has 0 atom stereocenters. The van der Waals surface area contributed by atoms with Gasteiger partial charge >= 0.3 is 6.09 Å². The second-order valence-corrected chi connectivity index (χ2v) is 6.60. The second-order valence-electron chi connectivity index (χ2n) is 6.60. The molecule has 0 radical (unpaired) electrons. The van der Waals surface area contributed by atoms with Crippen LogP contribution in [0.4, 0.5) is 22.1 Å². The van der Waals surface area contributed by atoms with E-state index in [1.54, 1.807) is 6.07 Å². The third-order valence-electron chi connectivity index (χ3n) is 4.16. The molecule has 0 unspecified atom stereocenters. The first-order valence-corrected chi connectivity index (χ1v) is 8.90. The number of aromatic nitrogens is 2. The first-order valence-electron chi connectivity index (χ1n) is 8.90. The molecule has 0 saturated carbocycles. The van der Waals surface area contributed by atoms with E-state index < -0.39 is 6.09 Å². The van der Waals surface area contributed by atoms with Crippen molar-refractivity contribution in [3.63, 3.8) is 0 Å². The van der Waals surface area contributed by atoms with Crippen LogP contribution in [0.2, 0.25) is 0 Å². The normalized spacial score (nSPS) is 10.7. The number of hydrogen-bond donors (Lipinski definition) is 2. The van der Waals surface area contributed by atoms with Crippen molar-refractivity contribution in [1.82, 2.24) is 14.9 Å². The molecule has 3 aromatic rings. The van der Waals surface area contributed by atoms with Gasteiger partial charge in [-0.3, -0.25) is 4.90 Å². The van der Waals surface area contributed by atoms with Crippen LogP contribution in [0.3, 0.4) is 0 Å². The Kier molecular flexibility index (Phi) is 6.18. The van der Waals surface area contributed by atoms with E-state index in [0.717, 1.165) is 16.8 Å². The van der Waals surface area contributed by atoms with Crippen molar-refractivity contribution < 1.29 is 9.90 Å². The minimum absolute atomic E-state index is 0.186. The summed E-state index contributed by atoms with van der Waals surface area (Å²) in [6.07, 6.45) is 0.291. The third-order valence-corrected chi connectivity index (χ3v) is 4.16. The average molecular weight is 377 g/mol. The van der Waals surface area contributed by atoms with E-state index in [2.05, 4.69) is 15.3 Å². The maximum Gasteiger partial charge on any atom is 0.414 e. The van der Waals surface area contributed by atoms with Crippen LogP contribution in [0.5, 0.6) is 0 Å². The first-order chi connectivity index (χ1) is 13.5. The molecule has 0 fully saturated rings. The molecule has 0 spiro atoms. The van der Waals surface area contributed by atoms with Crippen molar-refractivity contribution in [2.75, 3.05) is 23.9 Å². The number of anilines is 3. The number of aryl methyl sites for hydroxylation is 1. The smallest absolute Gasteiger partial charge is 0.414 e. The van der Waals surface area contributed by atoms with Gasteiger partial charge in [0.25, 0.3) is 0 Å². The van der Waals surface area contributed by atoms with Crippen LogP contribution < -0.4 is 10.2 Å². The molecule has 144 valence electrons. The van der Waals surface area contributed by atoms with Gasteiger partial charge in [0.1, 0.15) is 18.0 Å². The summed E-state index contributed by atoms with van der Waals surface area (Å²) in [6.45, 7) is 2.83. The van der Waals surface area contributed by atoms with Gasteiger partial charge in [-0.2, -0.15) is 0 Å². The number of nitrogens with zero attached hydrogens (tertiary/aromatic N) is 4. The van der Waals surface area contributed by atoms with Crippen LogP contribution in [0, 0.1) is 6.92 Å². The van der Waals surface area contributed by atoms with Crippen LogP contribution in [0.25, 0.3) is 0 Å². The largest absolute Gasteiger partial charge is 0.465 e. The van der Waals surface area contributed by atoms with Gasteiger partial charge < -0.3 is 10.4 Å². The van der Waals surface area contributed by atoms with Crippen LogP contribution in [0.1, 0.15) is 11.1 Å². The van der Waals surface area contributed by atoms with Gasteiger partial charge in [-0.15, -0.1) is 0 Å². The van der Waals surface area contributed by atoms with Gasteiger partial charge in [-0.05, 0) is 31.7 Å². The van der Waals surface area contributed by atoms with Gasteiger partial charge in [-0.1, -0.05) is 48.0 Å². The molecule has 0 aliphatic rings.